The summed E-state index contributed by atoms with van der Waals surface area (Å²) in [6.45, 7) is 0.565. The second-order valence-electron chi connectivity index (χ2n) is 3.61. The van der Waals surface area contributed by atoms with Gasteiger partial charge in [-0.2, -0.15) is 0 Å². The molecule has 1 aromatic carbocycles. The molecule has 0 atom stereocenters. The third-order valence-electron chi connectivity index (χ3n) is 2.58. The average molecular weight is 237 g/mol. The smallest absolute Gasteiger partial charge is 0.245 e. The molecule has 1 amide bonds. The first-order valence-corrected chi connectivity index (χ1v) is 5.24. The van der Waals surface area contributed by atoms with Crippen LogP contribution in [0.2, 0.25) is 0 Å². The lowest BCUT2D eigenvalue weighted by molar-refractivity contribution is -0.117. The highest BCUT2D eigenvalue weighted by molar-refractivity contribution is 6.18. The monoisotopic (exact) mass is 236 g/mol. The zero-order valence-electron chi connectivity index (χ0n) is 8.35. The summed E-state index contributed by atoms with van der Waals surface area (Å²) in [7, 11) is 0. The molecule has 6 heteroatoms. The fraction of sp³-hybridized carbons (Fsp3) is 0.200. The molecule has 0 saturated heterocycles. The number of hydrogen-bond donors (Lipinski definition) is 1. The van der Waals surface area contributed by atoms with Crippen LogP contribution in [0.1, 0.15) is 5.56 Å². The minimum Gasteiger partial charge on any atom is -0.324 e. The molecule has 82 valence electrons. The molecule has 0 aromatic heterocycles. The Morgan fingerprint density at radius 2 is 2.19 bits per heavy atom. The Bertz CT molecular complexity index is 487. The van der Waals surface area contributed by atoms with Crippen LogP contribution in [0.25, 0.3) is 0 Å². The first-order chi connectivity index (χ1) is 7.75. The maximum atomic E-state index is 11.6. The van der Waals surface area contributed by atoms with Crippen molar-refractivity contribution in [3.8, 4) is 0 Å². The zero-order valence-corrected chi connectivity index (χ0v) is 9.11. The second-order valence-corrected chi connectivity index (χ2v) is 4.00. The molecule has 0 fully saturated rings. The molecule has 0 saturated carbocycles. The molecule has 2 aliphatic rings. The predicted molar refractivity (Wildman–Crippen MR) is 60.9 cm³/mol. The van der Waals surface area contributed by atoms with Crippen molar-refractivity contribution in [1.82, 2.24) is 9.54 Å². The molecular formula is C10H9ClN4O. The number of nitrogens with one attached hydrogen (secondary N) is 1. The van der Waals surface area contributed by atoms with Gasteiger partial charge in [-0.15, -0.1) is 4.53 Å². The van der Waals surface area contributed by atoms with Crippen LogP contribution in [0.3, 0.4) is 0 Å². The minimum absolute atomic E-state index is 0.0924. The fourth-order valence-corrected chi connectivity index (χ4v) is 2.05. The molecule has 3 rings (SSSR count). The van der Waals surface area contributed by atoms with Crippen LogP contribution in [-0.2, 0) is 4.79 Å². The second kappa shape index (κ2) is 3.47. The number of halogens is 1. The summed E-state index contributed by atoms with van der Waals surface area (Å²) >= 11 is 5.95. The van der Waals surface area contributed by atoms with E-state index in [0.717, 1.165) is 17.1 Å². The van der Waals surface area contributed by atoms with Gasteiger partial charge in [0.05, 0.1) is 5.69 Å². The summed E-state index contributed by atoms with van der Waals surface area (Å²) in [4.78, 5) is 16.0. The number of rotatable bonds is 0. The van der Waals surface area contributed by atoms with Crippen LogP contribution in [-0.4, -0.2) is 34.5 Å². The predicted octanol–water partition coefficient (Wildman–Crippen LogP) is 1.03. The Morgan fingerprint density at radius 3 is 3.06 bits per heavy atom. The van der Waals surface area contributed by atoms with Crippen molar-refractivity contribution in [3.05, 3.63) is 29.8 Å². The van der Waals surface area contributed by atoms with Crippen LogP contribution < -0.4 is 5.32 Å². The molecule has 0 unspecified atom stereocenters. The van der Waals surface area contributed by atoms with Crippen LogP contribution >= 0.6 is 11.8 Å². The topological polar surface area (TPSA) is 47.9 Å². The minimum atomic E-state index is -0.0924. The van der Waals surface area contributed by atoms with Gasteiger partial charge >= 0.3 is 0 Å². The molecule has 0 spiro atoms. The van der Waals surface area contributed by atoms with Gasteiger partial charge in [0.2, 0.25) is 5.91 Å². The van der Waals surface area contributed by atoms with Crippen molar-refractivity contribution in [3.63, 3.8) is 0 Å². The van der Waals surface area contributed by atoms with Crippen LogP contribution in [0.4, 0.5) is 5.69 Å². The highest BCUT2D eigenvalue weighted by atomic mass is 35.5. The average Bonchev–Trinajstić information content (AvgIpc) is 2.56. The van der Waals surface area contributed by atoms with Crippen molar-refractivity contribution in [2.75, 3.05) is 18.5 Å². The number of carbonyl (C=O) groups excluding carboxylic acids is 1. The highest BCUT2D eigenvalue weighted by Crippen LogP contribution is 2.25. The molecular weight excluding hydrogens is 228 g/mol. The maximum Gasteiger partial charge on any atom is 0.245 e. The highest BCUT2D eigenvalue weighted by Gasteiger charge is 2.31. The summed E-state index contributed by atoms with van der Waals surface area (Å²) in [6, 6.07) is 7.57. The van der Waals surface area contributed by atoms with Gasteiger partial charge < -0.3 is 5.32 Å². The lowest BCUT2D eigenvalue weighted by Gasteiger charge is -2.21. The number of amides is 1. The third kappa shape index (κ3) is 1.36. The van der Waals surface area contributed by atoms with E-state index in [-0.39, 0.29) is 12.5 Å². The van der Waals surface area contributed by atoms with E-state index < -0.39 is 0 Å². The Kier molecular flexibility index (Phi) is 2.08. The Morgan fingerprint density at radius 1 is 1.38 bits per heavy atom. The third-order valence-corrected chi connectivity index (χ3v) is 2.87. The van der Waals surface area contributed by atoms with Crippen LogP contribution in [0.15, 0.2) is 29.3 Å². The standard InChI is InChI=1S/C10H9ClN4O/c11-15-6-12-10-7-3-1-2-4-8(7)13-9(16)5-14(10)15/h1-4H,5-6H2,(H,13,16). The summed E-state index contributed by atoms with van der Waals surface area (Å²) in [5, 5.41) is 4.49. The van der Waals surface area contributed by atoms with Gasteiger partial charge in [0.1, 0.15) is 13.2 Å². The lowest BCUT2D eigenvalue weighted by Crippen LogP contribution is -2.39. The van der Waals surface area contributed by atoms with Gasteiger partial charge in [-0.1, -0.05) is 12.1 Å². The summed E-state index contributed by atoms with van der Waals surface area (Å²) in [5.74, 6) is 0.647. The van der Waals surface area contributed by atoms with Crippen molar-refractivity contribution in [2.45, 2.75) is 0 Å². The molecule has 0 bridgehead atoms. The Balaban J connectivity index is 2.14. The van der Waals surface area contributed by atoms with Gasteiger partial charge in [-0.05, 0) is 12.1 Å². The van der Waals surface area contributed by atoms with E-state index in [1.54, 1.807) is 5.01 Å². The normalized spacial score (nSPS) is 19.7. The van der Waals surface area contributed by atoms with Gasteiger partial charge in [0.15, 0.2) is 5.84 Å². The number of anilines is 1. The first kappa shape index (κ1) is 9.62. The van der Waals surface area contributed by atoms with Crippen molar-refractivity contribution >= 4 is 29.2 Å². The van der Waals surface area contributed by atoms with E-state index in [1.807, 2.05) is 24.3 Å². The summed E-state index contributed by atoms with van der Waals surface area (Å²) < 4.78 is 1.41. The van der Waals surface area contributed by atoms with Crippen LogP contribution in [0, 0.1) is 0 Å². The molecule has 0 radical (unpaired) electrons. The molecule has 2 heterocycles. The Hall–Kier alpha value is -1.59. The number of aliphatic imine (C=N–C) groups is 1. The van der Waals surface area contributed by atoms with Gasteiger partial charge in [0, 0.05) is 17.3 Å². The Labute approximate surface area is 97.4 Å². The molecule has 5 nitrogen and oxygen atoms in total. The number of fused-ring (bicyclic) bond motifs is 3. The lowest BCUT2D eigenvalue weighted by atomic mass is 10.1. The fourth-order valence-electron chi connectivity index (χ4n) is 1.87. The summed E-state index contributed by atoms with van der Waals surface area (Å²) in [6.07, 6.45) is 0. The number of carbonyl (C=O) groups is 1. The number of hydrogen-bond acceptors (Lipinski definition) is 4. The molecule has 2 aliphatic heterocycles. The van der Waals surface area contributed by atoms with Gasteiger partial charge in [-0.3, -0.25) is 9.80 Å². The molecule has 1 aromatic rings. The first-order valence-electron chi connectivity index (χ1n) is 4.90. The van der Waals surface area contributed by atoms with E-state index in [4.69, 9.17) is 11.8 Å². The summed E-state index contributed by atoms with van der Waals surface area (Å²) in [5.41, 5.74) is 1.68. The van der Waals surface area contributed by atoms with Crippen molar-refractivity contribution in [2.24, 2.45) is 4.99 Å². The number of para-hydroxylation sites is 1. The van der Waals surface area contributed by atoms with Gasteiger partial charge in [0.25, 0.3) is 0 Å². The van der Waals surface area contributed by atoms with Crippen molar-refractivity contribution < 1.29 is 4.79 Å². The van der Waals surface area contributed by atoms with E-state index >= 15 is 0 Å². The van der Waals surface area contributed by atoms with E-state index in [1.165, 1.54) is 4.53 Å². The largest absolute Gasteiger partial charge is 0.324 e. The van der Waals surface area contributed by atoms with E-state index in [2.05, 4.69) is 10.3 Å². The maximum absolute atomic E-state index is 11.6. The van der Waals surface area contributed by atoms with Crippen molar-refractivity contribution in [1.29, 1.82) is 0 Å². The quantitative estimate of drug-likeness (QED) is 0.685. The van der Waals surface area contributed by atoms with Gasteiger partial charge in [-0.25, -0.2) is 4.99 Å². The van der Waals surface area contributed by atoms with E-state index in [0.29, 0.717) is 6.67 Å². The number of nitrogens with zero attached hydrogens (tertiary/aromatic N) is 3. The SMILES string of the molecule is O=C1CN2C(=NCN2Cl)c2ccccc2N1. The molecule has 16 heavy (non-hydrogen) atoms. The molecule has 0 aliphatic carbocycles. The number of amidine groups is 1. The number of benzene rings is 1. The zero-order chi connectivity index (χ0) is 11.1. The molecule has 1 N–H and O–H groups in total. The van der Waals surface area contributed by atoms with E-state index in [9.17, 15) is 4.79 Å². The van der Waals surface area contributed by atoms with Crippen LogP contribution in [0.5, 0.6) is 0 Å². The number of hydrazine groups is 1.